The van der Waals surface area contributed by atoms with Crippen LogP contribution in [0.3, 0.4) is 0 Å². The van der Waals surface area contributed by atoms with E-state index in [-0.39, 0.29) is 6.61 Å². The lowest BCUT2D eigenvalue weighted by molar-refractivity contribution is 0.382. The summed E-state index contributed by atoms with van der Waals surface area (Å²) in [6.07, 6.45) is 1.75. The first-order valence-corrected chi connectivity index (χ1v) is 4.93. The van der Waals surface area contributed by atoms with E-state index in [2.05, 4.69) is 4.98 Å². The highest BCUT2D eigenvalue weighted by atomic mass is 32.1. The summed E-state index contributed by atoms with van der Waals surface area (Å²) in [4.78, 5) is 4.57. The van der Waals surface area contributed by atoms with Crippen LogP contribution in [0.4, 0.5) is 0 Å². The molecule has 0 aliphatic rings. The second kappa shape index (κ2) is 4.23. The number of rotatable bonds is 3. The van der Waals surface area contributed by atoms with E-state index in [0.29, 0.717) is 4.99 Å². The van der Waals surface area contributed by atoms with Crippen LogP contribution in [0.15, 0.2) is 36.5 Å². The smallest absolute Gasteiger partial charge is 0.138 e. The van der Waals surface area contributed by atoms with Gasteiger partial charge in [-0.15, -0.1) is 0 Å². The third kappa shape index (κ3) is 2.22. The molecule has 3 nitrogen and oxygen atoms in total. The summed E-state index contributed by atoms with van der Waals surface area (Å²) < 4.78 is 5.47. The van der Waals surface area contributed by atoms with E-state index < -0.39 is 0 Å². The van der Waals surface area contributed by atoms with E-state index in [4.69, 9.17) is 22.7 Å². The molecule has 1 aromatic carbocycles. The van der Waals surface area contributed by atoms with Crippen LogP contribution in [0.5, 0.6) is 5.75 Å². The second-order valence-electron chi connectivity index (χ2n) is 3.08. The fourth-order valence-electron chi connectivity index (χ4n) is 1.35. The molecule has 0 aliphatic carbocycles. The van der Waals surface area contributed by atoms with Crippen LogP contribution < -0.4 is 10.5 Å². The summed E-state index contributed by atoms with van der Waals surface area (Å²) >= 11 is 4.75. The van der Waals surface area contributed by atoms with Gasteiger partial charge in [0.05, 0.1) is 5.52 Å². The highest BCUT2D eigenvalue weighted by Gasteiger charge is 2.01. The molecule has 2 aromatic rings. The average molecular weight is 218 g/mol. The topological polar surface area (TPSA) is 48.1 Å². The number of thiocarbonyl (C=S) groups is 1. The lowest BCUT2D eigenvalue weighted by Crippen LogP contribution is -2.17. The number of hydrogen-bond acceptors (Lipinski definition) is 3. The van der Waals surface area contributed by atoms with Crippen molar-refractivity contribution in [1.29, 1.82) is 0 Å². The van der Waals surface area contributed by atoms with Crippen molar-refractivity contribution < 1.29 is 4.74 Å². The number of fused-ring (bicyclic) bond motifs is 1. The predicted molar refractivity (Wildman–Crippen MR) is 64.0 cm³/mol. The standard InChI is InChI=1S/C11H10N2OS/c12-11(15)7-14-10-5-1-4-9-8(10)3-2-6-13-9/h1-6H,7H2,(H2,12,15). The molecular formula is C11H10N2OS. The number of hydrogen-bond donors (Lipinski definition) is 1. The van der Waals surface area contributed by atoms with Crippen LogP contribution in [-0.2, 0) is 0 Å². The van der Waals surface area contributed by atoms with Crippen LogP contribution >= 0.6 is 12.2 Å². The van der Waals surface area contributed by atoms with Crippen molar-refractivity contribution in [2.45, 2.75) is 0 Å². The molecule has 0 aliphatic heterocycles. The minimum absolute atomic E-state index is 0.253. The van der Waals surface area contributed by atoms with Gasteiger partial charge in [-0.1, -0.05) is 18.3 Å². The highest BCUT2D eigenvalue weighted by Crippen LogP contribution is 2.23. The molecule has 0 atom stereocenters. The maximum Gasteiger partial charge on any atom is 0.138 e. The molecule has 0 saturated carbocycles. The maximum absolute atomic E-state index is 5.47. The van der Waals surface area contributed by atoms with Gasteiger partial charge in [0.25, 0.3) is 0 Å². The van der Waals surface area contributed by atoms with Crippen molar-refractivity contribution in [1.82, 2.24) is 4.98 Å². The summed E-state index contributed by atoms with van der Waals surface area (Å²) in [5.74, 6) is 0.758. The Morgan fingerprint density at radius 3 is 3.00 bits per heavy atom. The number of nitrogens with two attached hydrogens (primary N) is 1. The number of aromatic nitrogens is 1. The molecule has 76 valence electrons. The van der Waals surface area contributed by atoms with E-state index >= 15 is 0 Å². The van der Waals surface area contributed by atoms with Crippen molar-refractivity contribution in [3.63, 3.8) is 0 Å². The van der Waals surface area contributed by atoms with E-state index in [1.165, 1.54) is 0 Å². The summed E-state index contributed by atoms with van der Waals surface area (Å²) in [5.41, 5.74) is 6.28. The molecule has 0 fully saturated rings. The summed E-state index contributed by atoms with van der Waals surface area (Å²) in [5, 5.41) is 0.969. The van der Waals surface area contributed by atoms with Gasteiger partial charge in [0, 0.05) is 11.6 Å². The number of benzene rings is 1. The molecule has 4 heteroatoms. The van der Waals surface area contributed by atoms with Gasteiger partial charge in [0.1, 0.15) is 17.3 Å². The molecule has 0 saturated heterocycles. The van der Waals surface area contributed by atoms with Gasteiger partial charge in [-0.25, -0.2) is 0 Å². The normalized spacial score (nSPS) is 10.1. The molecule has 0 amide bonds. The van der Waals surface area contributed by atoms with Crippen LogP contribution in [0.2, 0.25) is 0 Å². The Hall–Kier alpha value is -1.68. The van der Waals surface area contributed by atoms with Crippen molar-refractivity contribution in [2.24, 2.45) is 5.73 Å². The van der Waals surface area contributed by atoms with E-state index in [9.17, 15) is 0 Å². The zero-order chi connectivity index (χ0) is 10.7. The third-order valence-electron chi connectivity index (χ3n) is 1.98. The Morgan fingerprint density at radius 2 is 2.20 bits per heavy atom. The molecule has 1 heterocycles. The Bertz CT molecular complexity index is 493. The SMILES string of the molecule is NC(=S)COc1cccc2ncccc12. The quantitative estimate of drug-likeness (QED) is 0.799. The van der Waals surface area contributed by atoms with Crippen LogP contribution in [-0.4, -0.2) is 16.6 Å². The number of pyridine rings is 1. The molecule has 15 heavy (non-hydrogen) atoms. The van der Waals surface area contributed by atoms with Crippen LogP contribution in [0.1, 0.15) is 0 Å². The van der Waals surface area contributed by atoms with Crippen LogP contribution in [0.25, 0.3) is 10.9 Å². The highest BCUT2D eigenvalue weighted by molar-refractivity contribution is 7.80. The molecular weight excluding hydrogens is 208 g/mol. The summed E-state index contributed by atoms with van der Waals surface area (Å²) in [7, 11) is 0. The van der Waals surface area contributed by atoms with E-state index in [1.807, 2.05) is 30.3 Å². The lowest BCUT2D eigenvalue weighted by Gasteiger charge is -2.07. The molecule has 0 unspecified atom stereocenters. The molecule has 2 rings (SSSR count). The largest absolute Gasteiger partial charge is 0.486 e. The second-order valence-corrected chi connectivity index (χ2v) is 3.61. The molecule has 2 N–H and O–H groups in total. The molecule has 1 aromatic heterocycles. The zero-order valence-electron chi connectivity index (χ0n) is 8.01. The van der Waals surface area contributed by atoms with E-state index in [0.717, 1.165) is 16.7 Å². The Morgan fingerprint density at radius 1 is 1.33 bits per heavy atom. The van der Waals surface area contributed by atoms with Gasteiger partial charge in [0.2, 0.25) is 0 Å². The Labute approximate surface area is 92.9 Å². The van der Waals surface area contributed by atoms with Gasteiger partial charge in [-0.05, 0) is 24.3 Å². The maximum atomic E-state index is 5.47. The first-order valence-electron chi connectivity index (χ1n) is 4.52. The van der Waals surface area contributed by atoms with Gasteiger partial charge in [-0.2, -0.15) is 0 Å². The Kier molecular flexibility index (Phi) is 2.78. The van der Waals surface area contributed by atoms with Crippen LogP contribution in [0, 0.1) is 0 Å². The monoisotopic (exact) mass is 218 g/mol. The van der Waals surface area contributed by atoms with Crippen molar-refractivity contribution in [3.05, 3.63) is 36.5 Å². The van der Waals surface area contributed by atoms with Gasteiger partial charge >= 0.3 is 0 Å². The fraction of sp³-hybridized carbons (Fsp3) is 0.0909. The van der Waals surface area contributed by atoms with Gasteiger partial charge < -0.3 is 10.5 Å². The summed E-state index contributed by atoms with van der Waals surface area (Å²) in [6.45, 7) is 0.253. The van der Waals surface area contributed by atoms with Crippen molar-refractivity contribution >= 4 is 28.1 Å². The molecule has 0 radical (unpaired) electrons. The number of nitrogens with zero attached hydrogens (tertiary/aromatic N) is 1. The Balaban J connectivity index is 2.38. The third-order valence-corrected chi connectivity index (χ3v) is 2.09. The van der Waals surface area contributed by atoms with Gasteiger partial charge in [0.15, 0.2) is 0 Å². The molecule has 0 bridgehead atoms. The lowest BCUT2D eigenvalue weighted by atomic mass is 10.2. The van der Waals surface area contributed by atoms with E-state index in [1.54, 1.807) is 6.20 Å². The molecule has 0 spiro atoms. The fourth-order valence-corrected chi connectivity index (χ4v) is 1.41. The number of ether oxygens (including phenoxy) is 1. The minimum atomic E-state index is 0.253. The minimum Gasteiger partial charge on any atom is -0.486 e. The summed E-state index contributed by atoms with van der Waals surface area (Å²) in [6, 6.07) is 9.53. The first-order chi connectivity index (χ1) is 7.27. The first kappa shape index (κ1) is 9.86. The van der Waals surface area contributed by atoms with Crippen molar-refractivity contribution in [3.8, 4) is 5.75 Å². The van der Waals surface area contributed by atoms with Crippen molar-refractivity contribution in [2.75, 3.05) is 6.61 Å². The van der Waals surface area contributed by atoms with Gasteiger partial charge in [-0.3, -0.25) is 4.98 Å². The zero-order valence-corrected chi connectivity index (χ0v) is 8.83. The predicted octanol–water partition coefficient (Wildman–Crippen LogP) is 1.90. The average Bonchev–Trinajstić information content (AvgIpc) is 2.26.